The molecule has 0 aliphatic carbocycles. The summed E-state index contributed by atoms with van der Waals surface area (Å²) in [6.45, 7) is 6.14. The van der Waals surface area contributed by atoms with E-state index >= 15 is 0 Å². The van der Waals surface area contributed by atoms with Crippen molar-refractivity contribution < 1.29 is 14.6 Å². The van der Waals surface area contributed by atoms with Crippen LogP contribution in [-0.4, -0.2) is 48.6 Å². The Balaban J connectivity index is 2.71. The number of anilines is 1. The number of nitrogens with zero attached hydrogens (tertiary/aromatic N) is 1. The number of benzene rings is 1. The third kappa shape index (κ3) is 4.83. The Bertz CT molecular complexity index is 435. The summed E-state index contributed by atoms with van der Waals surface area (Å²) in [4.78, 5) is 14.0. The number of aliphatic hydroxyl groups is 1. The Morgan fingerprint density at radius 3 is 2.70 bits per heavy atom. The molecule has 1 aromatic rings. The summed E-state index contributed by atoms with van der Waals surface area (Å²) in [7, 11) is 0. The molecule has 0 unspecified atom stereocenters. The summed E-state index contributed by atoms with van der Waals surface area (Å²) >= 11 is 0. The van der Waals surface area contributed by atoms with Gasteiger partial charge in [-0.3, -0.25) is 9.69 Å². The second-order valence-electron chi connectivity index (χ2n) is 4.62. The van der Waals surface area contributed by atoms with Crippen LogP contribution in [0, 0.1) is 0 Å². The number of nitrogens with two attached hydrogens (primary N) is 1. The fourth-order valence-electron chi connectivity index (χ4n) is 1.85. The van der Waals surface area contributed by atoms with Crippen LogP contribution in [0.4, 0.5) is 5.69 Å². The molecule has 1 aromatic carbocycles. The van der Waals surface area contributed by atoms with Crippen LogP contribution in [0.2, 0.25) is 0 Å². The Morgan fingerprint density at radius 1 is 1.40 bits per heavy atom. The summed E-state index contributed by atoms with van der Waals surface area (Å²) in [6, 6.07) is 5.12. The molecule has 0 spiro atoms. The molecule has 0 fully saturated rings. The highest BCUT2D eigenvalue weighted by atomic mass is 16.5. The number of hydrogen-bond acceptors (Lipinski definition) is 5. The molecule has 20 heavy (non-hydrogen) atoms. The molecule has 0 aliphatic rings. The molecular formula is C15H24N2O3. The fourth-order valence-corrected chi connectivity index (χ4v) is 1.85. The van der Waals surface area contributed by atoms with Crippen LogP contribution in [-0.2, 0) is 0 Å². The van der Waals surface area contributed by atoms with Gasteiger partial charge in [0.05, 0.1) is 25.4 Å². The van der Waals surface area contributed by atoms with Gasteiger partial charge in [-0.1, -0.05) is 13.8 Å². The molecule has 112 valence electrons. The first-order valence-electron chi connectivity index (χ1n) is 7.01. The van der Waals surface area contributed by atoms with Gasteiger partial charge in [0.15, 0.2) is 5.78 Å². The maximum absolute atomic E-state index is 12.1. The highest BCUT2D eigenvalue weighted by Crippen LogP contribution is 2.23. The minimum atomic E-state index is -0.00552. The third-order valence-corrected chi connectivity index (χ3v) is 3.02. The molecule has 0 atom stereocenters. The molecular weight excluding hydrogens is 256 g/mol. The average molecular weight is 280 g/mol. The highest BCUT2D eigenvalue weighted by Gasteiger charge is 2.12. The third-order valence-electron chi connectivity index (χ3n) is 3.02. The van der Waals surface area contributed by atoms with E-state index in [-0.39, 0.29) is 18.9 Å². The summed E-state index contributed by atoms with van der Waals surface area (Å²) in [5.74, 6) is 0.611. The number of carbonyl (C=O) groups excluding carboxylic acids is 1. The van der Waals surface area contributed by atoms with E-state index < -0.39 is 0 Å². The van der Waals surface area contributed by atoms with Crippen LogP contribution in [0.3, 0.4) is 0 Å². The molecule has 5 nitrogen and oxygen atoms in total. The lowest BCUT2D eigenvalue weighted by Crippen LogP contribution is -2.32. The topological polar surface area (TPSA) is 75.8 Å². The normalized spacial score (nSPS) is 10.8. The van der Waals surface area contributed by atoms with E-state index in [1.807, 2.05) is 18.7 Å². The Kier molecular flexibility index (Phi) is 7.04. The first kappa shape index (κ1) is 16.5. The maximum Gasteiger partial charge on any atom is 0.176 e. The molecule has 0 saturated carbocycles. The fraction of sp³-hybridized carbons (Fsp3) is 0.533. The van der Waals surface area contributed by atoms with Gasteiger partial charge in [0.25, 0.3) is 0 Å². The molecule has 0 aromatic heterocycles. The van der Waals surface area contributed by atoms with Gasteiger partial charge >= 0.3 is 0 Å². The lowest BCUT2D eigenvalue weighted by atomic mass is 10.1. The molecule has 3 N–H and O–H groups in total. The van der Waals surface area contributed by atoms with Crippen molar-refractivity contribution in [3.63, 3.8) is 0 Å². The number of hydrogen-bond donors (Lipinski definition) is 2. The van der Waals surface area contributed by atoms with Crippen LogP contribution < -0.4 is 10.5 Å². The SMILES string of the molecule is CCCOc1ccc(C(=O)CN(CC)CCO)cc1N. The van der Waals surface area contributed by atoms with E-state index in [0.717, 1.165) is 13.0 Å². The lowest BCUT2D eigenvalue weighted by molar-refractivity contribution is 0.0919. The number of rotatable bonds is 9. The quantitative estimate of drug-likeness (QED) is 0.530. The van der Waals surface area contributed by atoms with E-state index in [2.05, 4.69) is 0 Å². The van der Waals surface area contributed by atoms with Gasteiger partial charge in [-0.15, -0.1) is 0 Å². The largest absolute Gasteiger partial charge is 0.491 e. The number of carbonyl (C=O) groups is 1. The number of ether oxygens (including phenoxy) is 1. The van der Waals surface area contributed by atoms with Gasteiger partial charge in [0.2, 0.25) is 0 Å². The standard InChI is InChI=1S/C15H24N2O3/c1-3-9-20-15-6-5-12(10-13(15)16)14(19)11-17(4-2)7-8-18/h5-6,10,18H,3-4,7-9,11,16H2,1-2H3. The van der Waals surface area contributed by atoms with Crippen molar-refractivity contribution in [2.24, 2.45) is 0 Å². The van der Waals surface area contributed by atoms with Crippen LogP contribution in [0.1, 0.15) is 30.6 Å². The summed E-state index contributed by atoms with van der Waals surface area (Å²) in [5, 5.41) is 8.92. The van der Waals surface area contributed by atoms with Gasteiger partial charge in [-0.25, -0.2) is 0 Å². The molecule has 0 aliphatic heterocycles. The first-order chi connectivity index (χ1) is 9.62. The van der Waals surface area contributed by atoms with Crippen LogP contribution in [0.25, 0.3) is 0 Å². The van der Waals surface area contributed by atoms with E-state index in [4.69, 9.17) is 15.6 Å². The van der Waals surface area contributed by atoms with Crippen LogP contribution in [0.15, 0.2) is 18.2 Å². The van der Waals surface area contributed by atoms with Crippen molar-refractivity contribution >= 4 is 11.5 Å². The molecule has 0 amide bonds. The summed E-state index contributed by atoms with van der Waals surface area (Å²) in [6.07, 6.45) is 0.909. The van der Waals surface area contributed by atoms with Crippen molar-refractivity contribution in [2.75, 3.05) is 38.6 Å². The van der Waals surface area contributed by atoms with Crippen molar-refractivity contribution in [3.8, 4) is 5.75 Å². The number of ketones is 1. The number of nitrogen functional groups attached to an aromatic ring is 1. The summed E-state index contributed by atoms with van der Waals surface area (Å²) in [5.41, 5.74) is 6.94. The van der Waals surface area contributed by atoms with Crippen molar-refractivity contribution in [1.82, 2.24) is 4.90 Å². The first-order valence-corrected chi connectivity index (χ1v) is 7.01. The molecule has 5 heteroatoms. The molecule has 0 saturated heterocycles. The van der Waals surface area contributed by atoms with Crippen molar-refractivity contribution in [2.45, 2.75) is 20.3 Å². The Morgan fingerprint density at radius 2 is 2.15 bits per heavy atom. The number of likely N-dealkylation sites (N-methyl/N-ethyl adjacent to an activating group) is 1. The Labute approximate surface area is 120 Å². The summed E-state index contributed by atoms with van der Waals surface area (Å²) < 4.78 is 5.48. The number of aliphatic hydroxyl groups excluding tert-OH is 1. The zero-order valence-electron chi connectivity index (χ0n) is 12.3. The van der Waals surface area contributed by atoms with E-state index in [9.17, 15) is 4.79 Å². The van der Waals surface area contributed by atoms with Gasteiger partial charge < -0.3 is 15.6 Å². The van der Waals surface area contributed by atoms with Crippen LogP contribution >= 0.6 is 0 Å². The predicted octanol–water partition coefficient (Wildman–Crippen LogP) is 1.55. The minimum absolute atomic E-state index is 0.00552. The van der Waals surface area contributed by atoms with Crippen LogP contribution in [0.5, 0.6) is 5.75 Å². The lowest BCUT2D eigenvalue weighted by Gasteiger charge is -2.18. The van der Waals surface area contributed by atoms with E-state index in [0.29, 0.717) is 30.2 Å². The van der Waals surface area contributed by atoms with Gasteiger partial charge in [0, 0.05) is 12.1 Å². The van der Waals surface area contributed by atoms with Gasteiger partial charge in [-0.05, 0) is 31.2 Å². The minimum Gasteiger partial charge on any atom is -0.491 e. The monoisotopic (exact) mass is 280 g/mol. The average Bonchev–Trinajstić information content (AvgIpc) is 2.45. The Hall–Kier alpha value is -1.59. The highest BCUT2D eigenvalue weighted by molar-refractivity contribution is 5.98. The van der Waals surface area contributed by atoms with Crippen molar-refractivity contribution in [1.29, 1.82) is 0 Å². The molecule has 1 rings (SSSR count). The van der Waals surface area contributed by atoms with Gasteiger partial charge in [-0.2, -0.15) is 0 Å². The van der Waals surface area contributed by atoms with Gasteiger partial charge in [0.1, 0.15) is 5.75 Å². The van der Waals surface area contributed by atoms with E-state index in [1.54, 1.807) is 18.2 Å². The second kappa shape index (κ2) is 8.55. The maximum atomic E-state index is 12.1. The smallest absolute Gasteiger partial charge is 0.176 e. The van der Waals surface area contributed by atoms with Crippen molar-refractivity contribution in [3.05, 3.63) is 23.8 Å². The van der Waals surface area contributed by atoms with E-state index in [1.165, 1.54) is 0 Å². The zero-order valence-corrected chi connectivity index (χ0v) is 12.3. The molecule has 0 radical (unpaired) electrons. The molecule has 0 heterocycles. The number of Topliss-reactive ketones (excluding diaryl/α,β-unsaturated/α-hetero) is 1. The predicted molar refractivity (Wildman–Crippen MR) is 80.2 cm³/mol. The molecule has 0 bridgehead atoms. The zero-order chi connectivity index (χ0) is 15.0. The second-order valence-corrected chi connectivity index (χ2v) is 4.62.